The molecule has 0 saturated heterocycles. The van der Waals surface area contributed by atoms with E-state index < -0.39 is 10.0 Å². The Hall–Kier alpha value is -2.75. The fraction of sp³-hybridized carbons (Fsp3) is 0.238. The summed E-state index contributed by atoms with van der Waals surface area (Å²) in [5.41, 5.74) is 2.04. The largest absolute Gasteiger partial charge is 0.354 e. The number of amides is 1. The summed E-state index contributed by atoms with van der Waals surface area (Å²) in [6.07, 6.45) is 5.24. The summed E-state index contributed by atoms with van der Waals surface area (Å²) >= 11 is 1.15. The number of thiophene rings is 1. The van der Waals surface area contributed by atoms with Gasteiger partial charge in [0.25, 0.3) is 0 Å². The Kier molecular flexibility index (Phi) is 5.85. The maximum atomic E-state index is 12.5. The number of aryl methyl sites for hydroxylation is 1. The highest BCUT2D eigenvalue weighted by atomic mass is 32.2. The molecule has 0 unspecified atom stereocenters. The van der Waals surface area contributed by atoms with Crippen LogP contribution in [0.25, 0.3) is 12.2 Å². The lowest BCUT2D eigenvalue weighted by atomic mass is 10.2. The fourth-order valence-corrected chi connectivity index (χ4v) is 5.09. The van der Waals surface area contributed by atoms with Crippen molar-refractivity contribution in [3.05, 3.63) is 64.4 Å². The molecule has 7 nitrogen and oxygen atoms in total. The van der Waals surface area contributed by atoms with Gasteiger partial charge in [0.1, 0.15) is 15.6 Å². The van der Waals surface area contributed by atoms with E-state index in [2.05, 4.69) is 15.2 Å². The summed E-state index contributed by atoms with van der Waals surface area (Å²) in [6, 6.07) is 12.6. The number of carbonyl (C=O) groups excluding carboxylic acids is 1. The number of sulfonamides is 1. The van der Waals surface area contributed by atoms with Gasteiger partial charge in [0, 0.05) is 17.3 Å². The van der Waals surface area contributed by atoms with Crippen molar-refractivity contribution in [1.29, 1.82) is 0 Å². The van der Waals surface area contributed by atoms with Crippen LogP contribution in [0.2, 0.25) is 0 Å². The van der Waals surface area contributed by atoms with E-state index in [1.54, 1.807) is 31.2 Å². The summed E-state index contributed by atoms with van der Waals surface area (Å²) in [4.78, 5) is 12.8. The topological polar surface area (TPSA) is 101 Å². The molecule has 1 aromatic carbocycles. The Labute approximate surface area is 178 Å². The minimum absolute atomic E-state index is 0.0232. The Morgan fingerprint density at radius 1 is 1.20 bits per heavy atom. The van der Waals surface area contributed by atoms with E-state index in [4.69, 9.17) is 4.52 Å². The summed E-state index contributed by atoms with van der Waals surface area (Å²) in [6.45, 7) is 1.99. The normalized spacial score (nSPS) is 14.3. The maximum absolute atomic E-state index is 12.5. The smallest absolute Gasteiger partial charge is 0.250 e. The second-order valence-corrected chi connectivity index (χ2v) is 10.2. The molecule has 2 N–H and O–H groups in total. The molecule has 0 bridgehead atoms. The zero-order valence-corrected chi connectivity index (χ0v) is 17.9. The van der Waals surface area contributed by atoms with Gasteiger partial charge in [0.05, 0.1) is 0 Å². The van der Waals surface area contributed by atoms with Crippen LogP contribution in [0, 0.1) is 12.8 Å². The zero-order valence-electron chi connectivity index (χ0n) is 16.3. The molecular formula is C21H21N3O4S2. The van der Waals surface area contributed by atoms with Gasteiger partial charge in [-0.05, 0) is 49.6 Å². The number of nitrogens with one attached hydrogen (secondary N) is 2. The predicted molar refractivity (Wildman–Crippen MR) is 116 cm³/mol. The van der Waals surface area contributed by atoms with Crippen molar-refractivity contribution >= 4 is 45.1 Å². The van der Waals surface area contributed by atoms with Gasteiger partial charge in [-0.25, -0.2) is 13.1 Å². The minimum Gasteiger partial charge on any atom is -0.354 e. The average Bonchev–Trinajstić information content (AvgIpc) is 3.39. The van der Waals surface area contributed by atoms with Crippen molar-refractivity contribution in [2.24, 2.45) is 5.92 Å². The molecule has 0 radical (unpaired) electrons. The second kappa shape index (κ2) is 8.55. The number of nitrogens with zero attached hydrogens (tertiary/aromatic N) is 1. The van der Waals surface area contributed by atoms with Crippen LogP contribution in [0.1, 0.15) is 34.7 Å². The molecule has 2 heterocycles. The van der Waals surface area contributed by atoms with E-state index in [9.17, 15) is 13.2 Å². The van der Waals surface area contributed by atoms with Gasteiger partial charge in [-0.3, -0.25) is 4.79 Å². The van der Waals surface area contributed by atoms with Crippen LogP contribution in [0.15, 0.2) is 51.2 Å². The molecule has 0 atom stereocenters. The highest BCUT2D eigenvalue weighted by Gasteiger charge is 2.30. The molecule has 0 spiro atoms. The first-order valence-corrected chi connectivity index (χ1v) is 11.8. The van der Waals surface area contributed by atoms with E-state index in [1.807, 2.05) is 30.3 Å². The minimum atomic E-state index is -3.60. The summed E-state index contributed by atoms with van der Waals surface area (Å²) in [5.74, 6) is 0.482. The van der Waals surface area contributed by atoms with Crippen LogP contribution >= 0.6 is 11.3 Å². The Morgan fingerprint density at radius 2 is 1.97 bits per heavy atom. The summed E-state index contributed by atoms with van der Waals surface area (Å²) < 4.78 is 33.2. The quantitative estimate of drug-likeness (QED) is 0.547. The molecule has 156 valence electrons. The lowest BCUT2D eigenvalue weighted by Crippen LogP contribution is -2.22. The highest BCUT2D eigenvalue weighted by Crippen LogP contribution is 2.32. The summed E-state index contributed by atoms with van der Waals surface area (Å²) in [7, 11) is -3.60. The second-order valence-electron chi connectivity index (χ2n) is 7.07. The van der Waals surface area contributed by atoms with Crippen LogP contribution < -0.4 is 10.0 Å². The van der Waals surface area contributed by atoms with E-state index in [0.29, 0.717) is 17.1 Å². The van der Waals surface area contributed by atoms with Crippen molar-refractivity contribution in [3.8, 4) is 0 Å². The van der Waals surface area contributed by atoms with Gasteiger partial charge in [-0.1, -0.05) is 35.5 Å². The number of carbonyl (C=O) groups is 1. The molecule has 3 aromatic rings. The first-order chi connectivity index (χ1) is 14.4. The standard InChI is InChI=1S/C21H21N3O4S2/c1-14-20(23-21(25)16-7-8-16)18(28-24-14)11-9-17-10-12-19(29-17)30(26,27)22-13-15-5-3-2-4-6-15/h2-6,9-12,16,22H,7-8,13H2,1H3,(H,23,25)/b11-9+. The molecule has 0 aliphatic heterocycles. The molecule has 1 saturated carbocycles. The van der Waals surface area contributed by atoms with E-state index in [0.717, 1.165) is 34.6 Å². The van der Waals surface area contributed by atoms with Gasteiger partial charge in [-0.2, -0.15) is 0 Å². The van der Waals surface area contributed by atoms with Gasteiger partial charge >= 0.3 is 0 Å². The van der Waals surface area contributed by atoms with Crippen LogP contribution in [-0.2, 0) is 21.4 Å². The molecule has 1 fully saturated rings. The highest BCUT2D eigenvalue weighted by molar-refractivity contribution is 7.91. The number of rotatable bonds is 8. The van der Waals surface area contributed by atoms with E-state index >= 15 is 0 Å². The molecule has 9 heteroatoms. The van der Waals surface area contributed by atoms with Crippen molar-refractivity contribution < 1.29 is 17.7 Å². The van der Waals surface area contributed by atoms with Crippen LogP contribution in [0.5, 0.6) is 0 Å². The third kappa shape index (κ3) is 4.86. The molecule has 1 aliphatic carbocycles. The number of aromatic nitrogens is 1. The van der Waals surface area contributed by atoms with E-state index in [1.165, 1.54) is 0 Å². The Balaban J connectivity index is 1.44. The predicted octanol–water partition coefficient (Wildman–Crippen LogP) is 4.04. The third-order valence-electron chi connectivity index (χ3n) is 4.66. The van der Waals surface area contributed by atoms with Crippen molar-refractivity contribution in [2.75, 3.05) is 5.32 Å². The Morgan fingerprint density at radius 3 is 2.70 bits per heavy atom. The summed E-state index contributed by atoms with van der Waals surface area (Å²) in [5, 5.41) is 6.79. The maximum Gasteiger partial charge on any atom is 0.250 e. The number of anilines is 1. The molecular weight excluding hydrogens is 422 g/mol. The first-order valence-electron chi connectivity index (χ1n) is 9.51. The number of hydrogen-bond acceptors (Lipinski definition) is 6. The molecule has 4 rings (SSSR count). The lowest BCUT2D eigenvalue weighted by Gasteiger charge is -2.04. The van der Waals surface area contributed by atoms with Crippen molar-refractivity contribution in [1.82, 2.24) is 9.88 Å². The molecule has 2 aromatic heterocycles. The number of hydrogen-bond donors (Lipinski definition) is 2. The van der Waals surface area contributed by atoms with Gasteiger partial charge < -0.3 is 9.84 Å². The van der Waals surface area contributed by atoms with Gasteiger partial charge in [0.15, 0.2) is 5.76 Å². The van der Waals surface area contributed by atoms with Crippen molar-refractivity contribution in [2.45, 2.75) is 30.5 Å². The van der Waals surface area contributed by atoms with Gasteiger partial charge in [0.2, 0.25) is 15.9 Å². The fourth-order valence-electron chi connectivity index (χ4n) is 2.80. The van der Waals surface area contributed by atoms with Crippen LogP contribution in [0.3, 0.4) is 0 Å². The SMILES string of the molecule is Cc1noc(/C=C/c2ccc(S(=O)(=O)NCc3ccccc3)s2)c1NC(=O)C1CC1. The monoisotopic (exact) mass is 443 g/mol. The third-order valence-corrected chi connectivity index (χ3v) is 7.60. The van der Waals surface area contributed by atoms with Crippen LogP contribution in [-0.4, -0.2) is 19.5 Å². The molecule has 1 aliphatic rings. The Bertz CT molecular complexity index is 1180. The van der Waals surface area contributed by atoms with Crippen LogP contribution in [0.4, 0.5) is 5.69 Å². The zero-order chi connectivity index (χ0) is 21.1. The molecule has 1 amide bonds. The lowest BCUT2D eigenvalue weighted by molar-refractivity contribution is -0.117. The average molecular weight is 444 g/mol. The number of benzene rings is 1. The van der Waals surface area contributed by atoms with Crippen molar-refractivity contribution in [3.63, 3.8) is 0 Å². The van der Waals surface area contributed by atoms with E-state index in [-0.39, 0.29) is 22.6 Å². The van der Waals surface area contributed by atoms with Gasteiger partial charge in [-0.15, -0.1) is 11.3 Å². The molecule has 30 heavy (non-hydrogen) atoms. The first kappa shape index (κ1) is 20.5.